The lowest BCUT2D eigenvalue weighted by Crippen LogP contribution is -1.99. The van der Waals surface area contributed by atoms with Crippen molar-refractivity contribution in [1.29, 1.82) is 0 Å². The van der Waals surface area contributed by atoms with E-state index >= 15 is 0 Å². The smallest absolute Gasteiger partial charge is 0.209 e. The molecule has 0 aromatic rings. The van der Waals surface area contributed by atoms with Gasteiger partial charge in [-0.25, -0.2) is 4.99 Å². The fourth-order valence-electron chi connectivity index (χ4n) is 1.76. The quantitative estimate of drug-likeness (QED) is 0.675. The van der Waals surface area contributed by atoms with Crippen molar-refractivity contribution < 1.29 is 4.74 Å². The molecule has 0 radical (unpaired) electrons. The van der Waals surface area contributed by atoms with E-state index in [0.29, 0.717) is 17.8 Å². The topological polar surface area (TPSA) is 21.6 Å². The van der Waals surface area contributed by atoms with Gasteiger partial charge in [0.1, 0.15) is 0 Å². The summed E-state index contributed by atoms with van der Waals surface area (Å²) in [5.41, 5.74) is 1.31. The summed E-state index contributed by atoms with van der Waals surface area (Å²) in [4.78, 5) is 4.47. The summed E-state index contributed by atoms with van der Waals surface area (Å²) in [6, 6.07) is 0. The van der Waals surface area contributed by atoms with Gasteiger partial charge in [-0.2, -0.15) is 0 Å². The minimum absolute atomic E-state index is 0.443. The number of rotatable bonds is 6. The molecule has 18 heavy (non-hydrogen) atoms. The maximum Gasteiger partial charge on any atom is 0.209 e. The fraction of sp³-hybridized carbons (Fsp3) is 0.688. The van der Waals surface area contributed by atoms with E-state index in [9.17, 15) is 0 Å². The highest BCUT2D eigenvalue weighted by atomic mass is 16.5. The predicted octanol–water partition coefficient (Wildman–Crippen LogP) is 4.58. The molecule has 0 saturated heterocycles. The molecule has 1 unspecified atom stereocenters. The van der Waals surface area contributed by atoms with E-state index in [-0.39, 0.29) is 0 Å². The second-order valence-corrected chi connectivity index (χ2v) is 5.69. The molecule has 2 heteroatoms. The molecular weight excluding hydrogens is 222 g/mol. The fourth-order valence-corrected chi connectivity index (χ4v) is 1.76. The Bertz CT molecular complexity index is 337. The van der Waals surface area contributed by atoms with Gasteiger partial charge < -0.3 is 4.74 Å². The maximum atomic E-state index is 5.76. The van der Waals surface area contributed by atoms with Gasteiger partial charge in [-0.3, -0.25) is 0 Å². The van der Waals surface area contributed by atoms with Gasteiger partial charge in [-0.15, -0.1) is 0 Å². The van der Waals surface area contributed by atoms with Crippen molar-refractivity contribution in [3.8, 4) is 0 Å². The van der Waals surface area contributed by atoms with Gasteiger partial charge in [-0.05, 0) is 36.3 Å². The molecule has 1 atom stereocenters. The molecule has 2 nitrogen and oxygen atoms in total. The first-order chi connectivity index (χ1) is 8.52. The van der Waals surface area contributed by atoms with E-state index in [1.165, 1.54) is 5.57 Å². The predicted molar refractivity (Wildman–Crippen MR) is 78.7 cm³/mol. The molecule has 1 aliphatic rings. The van der Waals surface area contributed by atoms with Crippen molar-refractivity contribution in [2.75, 3.05) is 6.61 Å². The second-order valence-electron chi connectivity index (χ2n) is 5.69. The SMILES string of the molecule is CCC1C=C(OCCC(C)C)N=CC(C(C)C)=C1. The highest BCUT2D eigenvalue weighted by Crippen LogP contribution is 2.21. The van der Waals surface area contributed by atoms with E-state index in [4.69, 9.17) is 4.74 Å². The summed E-state index contributed by atoms with van der Waals surface area (Å²) in [6.45, 7) is 11.8. The van der Waals surface area contributed by atoms with Crippen molar-refractivity contribution >= 4 is 6.21 Å². The lowest BCUT2D eigenvalue weighted by molar-refractivity contribution is 0.192. The van der Waals surface area contributed by atoms with Gasteiger partial charge >= 0.3 is 0 Å². The van der Waals surface area contributed by atoms with Crippen LogP contribution in [-0.2, 0) is 4.74 Å². The van der Waals surface area contributed by atoms with Gasteiger partial charge in [0.25, 0.3) is 0 Å². The summed E-state index contributed by atoms with van der Waals surface area (Å²) in [5, 5.41) is 0. The Labute approximate surface area is 112 Å². The van der Waals surface area contributed by atoms with E-state index in [2.05, 4.69) is 51.8 Å². The average Bonchev–Trinajstić information content (AvgIpc) is 2.51. The Morgan fingerprint density at radius 3 is 2.50 bits per heavy atom. The molecule has 0 N–H and O–H groups in total. The van der Waals surface area contributed by atoms with E-state index in [0.717, 1.165) is 25.3 Å². The largest absolute Gasteiger partial charge is 0.478 e. The van der Waals surface area contributed by atoms with Crippen LogP contribution in [0.5, 0.6) is 0 Å². The van der Waals surface area contributed by atoms with Gasteiger partial charge in [0.2, 0.25) is 5.88 Å². The van der Waals surface area contributed by atoms with Gasteiger partial charge in [0.05, 0.1) is 6.61 Å². The van der Waals surface area contributed by atoms with Crippen LogP contribution in [0.1, 0.15) is 47.5 Å². The Kier molecular flexibility index (Phi) is 6.17. The van der Waals surface area contributed by atoms with Gasteiger partial charge in [0, 0.05) is 12.1 Å². The van der Waals surface area contributed by atoms with Crippen LogP contribution in [0, 0.1) is 17.8 Å². The third kappa shape index (κ3) is 5.07. The highest BCUT2D eigenvalue weighted by molar-refractivity contribution is 5.80. The molecular formula is C16H27NO. The lowest BCUT2D eigenvalue weighted by Gasteiger charge is -2.09. The third-order valence-corrected chi connectivity index (χ3v) is 3.19. The molecule has 1 rings (SSSR count). The van der Waals surface area contributed by atoms with Crippen molar-refractivity contribution in [3.05, 3.63) is 23.6 Å². The molecule has 102 valence electrons. The maximum absolute atomic E-state index is 5.76. The standard InChI is InChI=1S/C16H27NO/c1-6-14-9-15(13(4)5)11-17-16(10-14)18-8-7-12(2)3/h9-14H,6-8H2,1-5H3. The zero-order valence-electron chi connectivity index (χ0n) is 12.4. The second kappa shape index (κ2) is 7.40. The minimum Gasteiger partial charge on any atom is -0.478 e. The average molecular weight is 249 g/mol. The van der Waals surface area contributed by atoms with Crippen LogP contribution >= 0.6 is 0 Å². The molecule has 0 saturated carbocycles. The Morgan fingerprint density at radius 1 is 1.22 bits per heavy atom. The van der Waals surface area contributed by atoms with Crippen LogP contribution in [0.2, 0.25) is 0 Å². The molecule has 0 aliphatic carbocycles. The Balaban J connectivity index is 2.65. The number of aliphatic imine (C=N–C) groups is 1. The summed E-state index contributed by atoms with van der Waals surface area (Å²) < 4.78 is 5.76. The first kappa shape index (κ1) is 15.0. The summed E-state index contributed by atoms with van der Waals surface area (Å²) in [6.07, 6.45) is 8.59. The lowest BCUT2D eigenvalue weighted by atomic mass is 9.97. The molecule has 1 aliphatic heterocycles. The summed E-state index contributed by atoms with van der Waals surface area (Å²) >= 11 is 0. The van der Waals surface area contributed by atoms with Crippen molar-refractivity contribution in [2.45, 2.75) is 47.5 Å². The zero-order valence-corrected chi connectivity index (χ0v) is 12.4. The van der Waals surface area contributed by atoms with Crippen LogP contribution in [0.3, 0.4) is 0 Å². The Morgan fingerprint density at radius 2 is 1.94 bits per heavy atom. The normalized spacial score (nSPS) is 19.8. The zero-order chi connectivity index (χ0) is 13.5. The molecule has 0 aromatic carbocycles. The molecule has 0 bridgehead atoms. The highest BCUT2D eigenvalue weighted by Gasteiger charge is 2.11. The van der Waals surface area contributed by atoms with Crippen molar-refractivity contribution in [3.63, 3.8) is 0 Å². The van der Waals surface area contributed by atoms with Crippen LogP contribution in [0.25, 0.3) is 0 Å². The molecule has 0 spiro atoms. The summed E-state index contributed by atoms with van der Waals surface area (Å²) in [5.74, 6) is 2.42. The molecule has 1 heterocycles. The number of hydrogen-bond acceptors (Lipinski definition) is 2. The van der Waals surface area contributed by atoms with Crippen LogP contribution in [-0.4, -0.2) is 12.8 Å². The third-order valence-electron chi connectivity index (χ3n) is 3.19. The van der Waals surface area contributed by atoms with Crippen LogP contribution in [0.4, 0.5) is 0 Å². The van der Waals surface area contributed by atoms with E-state index in [1.54, 1.807) is 0 Å². The first-order valence-corrected chi connectivity index (χ1v) is 7.13. The number of hydrogen-bond donors (Lipinski definition) is 0. The monoisotopic (exact) mass is 249 g/mol. The Hall–Kier alpha value is -1.05. The van der Waals surface area contributed by atoms with Crippen LogP contribution in [0.15, 0.2) is 28.6 Å². The molecule has 0 aromatic heterocycles. The van der Waals surface area contributed by atoms with Gasteiger partial charge in [0.15, 0.2) is 0 Å². The van der Waals surface area contributed by atoms with Crippen LogP contribution < -0.4 is 0 Å². The van der Waals surface area contributed by atoms with E-state index < -0.39 is 0 Å². The molecule has 0 amide bonds. The van der Waals surface area contributed by atoms with Gasteiger partial charge in [-0.1, -0.05) is 40.7 Å². The first-order valence-electron chi connectivity index (χ1n) is 7.13. The summed E-state index contributed by atoms with van der Waals surface area (Å²) in [7, 11) is 0. The van der Waals surface area contributed by atoms with Crippen molar-refractivity contribution in [1.82, 2.24) is 0 Å². The van der Waals surface area contributed by atoms with E-state index in [1.807, 2.05) is 6.21 Å². The van der Waals surface area contributed by atoms with Crippen molar-refractivity contribution in [2.24, 2.45) is 22.7 Å². The number of ether oxygens (including phenoxy) is 1. The molecule has 0 fully saturated rings. The number of nitrogens with zero attached hydrogens (tertiary/aromatic N) is 1. The minimum atomic E-state index is 0.443. The number of allylic oxidation sites excluding steroid dienone is 3.